The van der Waals surface area contributed by atoms with Crippen LogP contribution >= 0.6 is 11.8 Å². The molecule has 0 heterocycles. The van der Waals surface area contributed by atoms with Crippen LogP contribution < -0.4 is 5.32 Å². The van der Waals surface area contributed by atoms with E-state index in [0.717, 1.165) is 5.56 Å². The van der Waals surface area contributed by atoms with Crippen molar-refractivity contribution in [1.29, 1.82) is 0 Å². The molecule has 0 aliphatic heterocycles. The van der Waals surface area contributed by atoms with Gasteiger partial charge in [-0.3, -0.25) is 0 Å². The van der Waals surface area contributed by atoms with E-state index >= 15 is 0 Å². The maximum absolute atomic E-state index is 10.2. The predicted octanol–water partition coefficient (Wildman–Crippen LogP) is 3.61. The van der Waals surface area contributed by atoms with E-state index in [1.807, 2.05) is 30.8 Å². The van der Waals surface area contributed by atoms with Gasteiger partial charge in [-0.05, 0) is 24.6 Å². The van der Waals surface area contributed by atoms with Gasteiger partial charge in [0.1, 0.15) is 0 Å². The Morgan fingerprint density at radius 1 is 1.00 bits per heavy atom. The first-order valence-electron chi connectivity index (χ1n) is 6.61. The number of aliphatic hydroxyl groups excluding tert-OH is 1. The van der Waals surface area contributed by atoms with Crippen LogP contribution in [0.5, 0.6) is 0 Å². The molecule has 0 aromatic heterocycles. The van der Waals surface area contributed by atoms with Crippen LogP contribution in [0.15, 0.2) is 29.2 Å². The van der Waals surface area contributed by atoms with Gasteiger partial charge in [-0.2, -0.15) is 0 Å². The highest BCUT2D eigenvalue weighted by Gasteiger charge is 2.16. The Morgan fingerprint density at radius 3 is 2.00 bits per heavy atom. The maximum Gasteiger partial charge on any atom is 0.0940 e. The van der Waals surface area contributed by atoms with E-state index in [9.17, 15) is 5.11 Å². The van der Waals surface area contributed by atoms with Crippen molar-refractivity contribution in [3.8, 4) is 0 Å². The van der Waals surface area contributed by atoms with E-state index in [0.29, 0.717) is 11.3 Å². The first-order chi connectivity index (χ1) is 8.40. The predicted molar refractivity (Wildman–Crippen MR) is 80.1 cm³/mol. The van der Waals surface area contributed by atoms with Crippen molar-refractivity contribution in [2.45, 2.75) is 63.0 Å². The van der Waals surface area contributed by atoms with Gasteiger partial charge in [0.25, 0.3) is 0 Å². The lowest BCUT2D eigenvalue weighted by atomic mass is 10.0. The second-order valence-electron chi connectivity index (χ2n) is 5.29. The number of benzene rings is 1. The normalized spacial score (nSPS) is 15.1. The van der Waals surface area contributed by atoms with E-state index < -0.39 is 6.10 Å². The van der Waals surface area contributed by atoms with E-state index in [1.54, 1.807) is 0 Å². The molecule has 1 aromatic rings. The number of rotatable bonds is 6. The molecule has 1 rings (SSSR count). The molecule has 0 amide bonds. The molecule has 0 radical (unpaired) electrons. The van der Waals surface area contributed by atoms with Crippen molar-refractivity contribution in [2.75, 3.05) is 0 Å². The van der Waals surface area contributed by atoms with E-state index in [1.165, 1.54) is 4.90 Å². The number of thioether (sulfide) groups is 1. The fourth-order valence-electron chi connectivity index (χ4n) is 1.92. The fraction of sp³-hybridized carbons (Fsp3) is 0.600. The number of aliphatic hydroxyl groups is 1. The van der Waals surface area contributed by atoms with Crippen molar-refractivity contribution in [3.05, 3.63) is 29.8 Å². The summed E-state index contributed by atoms with van der Waals surface area (Å²) >= 11 is 1.84. The van der Waals surface area contributed by atoms with Crippen LogP contribution in [0.4, 0.5) is 0 Å². The lowest BCUT2D eigenvalue weighted by Crippen LogP contribution is -2.36. The van der Waals surface area contributed by atoms with Gasteiger partial charge in [0.15, 0.2) is 0 Å². The standard InChI is InChI=1S/C15H25NOS/c1-10(2)16-12(5)15(17)13-6-8-14(9-7-13)18-11(3)4/h6-12,15-17H,1-5H3. The van der Waals surface area contributed by atoms with Gasteiger partial charge < -0.3 is 10.4 Å². The van der Waals surface area contributed by atoms with Crippen LogP contribution in [-0.4, -0.2) is 22.4 Å². The van der Waals surface area contributed by atoms with Gasteiger partial charge in [0.05, 0.1) is 6.10 Å². The monoisotopic (exact) mass is 267 g/mol. The third kappa shape index (κ3) is 5.01. The lowest BCUT2D eigenvalue weighted by Gasteiger charge is -2.23. The molecule has 0 fully saturated rings. The van der Waals surface area contributed by atoms with Crippen molar-refractivity contribution in [1.82, 2.24) is 5.32 Å². The van der Waals surface area contributed by atoms with Gasteiger partial charge in [-0.15, -0.1) is 11.8 Å². The molecule has 0 saturated heterocycles. The Bertz CT molecular complexity index is 348. The average molecular weight is 267 g/mol. The number of hydrogen-bond donors (Lipinski definition) is 2. The number of hydrogen-bond acceptors (Lipinski definition) is 3. The molecule has 0 saturated carbocycles. The first kappa shape index (κ1) is 15.5. The van der Waals surface area contributed by atoms with Crippen LogP contribution in [0.1, 0.15) is 46.3 Å². The Hall–Kier alpha value is -0.510. The zero-order chi connectivity index (χ0) is 13.7. The van der Waals surface area contributed by atoms with Crippen LogP contribution in [0, 0.1) is 0 Å². The molecule has 2 atom stereocenters. The molecule has 3 heteroatoms. The molecule has 2 nitrogen and oxygen atoms in total. The highest BCUT2D eigenvalue weighted by atomic mass is 32.2. The second-order valence-corrected chi connectivity index (χ2v) is 6.94. The summed E-state index contributed by atoms with van der Waals surface area (Å²) < 4.78 is 0. The molecular formula is C15H25NOS. The lowest BCUT2D eigenvalue weighted by molar-refractivity contribution is 0.131. The van der Waals surface area contributed by atoms with Gasteiger partial charge in [0, 0.05) is 22.2 Å². The van der Waals surface area contributed by atoms with Crippen molar-refractivity contribution >= 4 is 11.8 Å². The molecule has 0 aliphatic rings. The molecule has 0 spiro atoms. The highest BCUT2D eigenvalue weighted by molar-refractivity contribution is 7.99. The topological polar surface area (TPSA) is 32.3 Å². The van der Waals surface area contributed by atoms with Gasteiger partial charge in [0.2, 0.25) is 0 Å². The van der Waals surface area contributed by atoms with Crippen LogP contribution in [0.3, 0.4) is 0 Å². The van der Waals surface area contributed by atoms with Crippen LogP contribution in [0.25, 0.3) is 0 Å². The van der Waals surface area contributed by atoms with Gasteiger partial charge in [-0.25, -0.2) is 0 Å². The Balaban J connectivity index is 2.66. The largest absolute Gasteiger partial charge is 0.387 e. The van der Waals surface area contributed by atoms with E-state index in [-0.39, 0.29) is 6.04 Å². The smallest absolute Gasteiger partial charge is 0.0940 e. The SMILES string of the molecule is CC(C)NC(C)C(O)c1ccc(SC(C)C)cc1. The summed E-state index contributed by atoms with van der Waals surface area (Å²) in [6.07, 6.45) is -0.453. The van der Waals surface area contributed by atoms with Gasteiger partial charge in [-0.1, -0.05) is 39.8 Å². The van der Waals surface area contributed by atoms with Crippen LogP contribution in [-0.2, 0) is 0 Å². The molecule has 102 valence electrons. The fourth-order valence-corrected chi connectivity index (χ4v) is 2.76. The van der Waals surface area contributed by atoms with E-state index in [2.05, 4.69) is 45.1 Å². The summed E-state index contributed by atoms with van der Waals surface area (Å²) in [5.41, 5.74) is 0.976. The zero-order valence-electron chi connectivity index (χ0n) is 12.0. The minimum Gasteiger partial charge on any atom is -0.387 e. The minimum absolute atomic E-state index is 0.0635. The maximum atomic E-state index is 10.2. The molecule has 0 aliphatic carbocycles. The molecule has 2 N–H and O–H groups in total. The quantitative estimate of drug-likeness (QED) is 0.772. The summed E-state index contributed by atoms with van der Waals surface area (Å²) in [4.78, 5) is 1.26. The molecular weight excluding hydrogens is 242 g/mol. The van der Waals surface area contributed by atoms with Crippen molar-refractivity contribution in [2.24, 2.45) is 0 Å². The average Bonchev–Trinajstić information content (AvgIpc) is 2.27. The Labute approximate surface area is 115 Å². The zero-order valence-corrected chi connectivity index (χ0v) is 12.8. The molecule has 18 heavy (non-hydrogen) atoms. The molecule has 2 unspecified atom stereocenters. The second kappa shape index (κ2) is 7.17. The Morgan fingerprint density at radius 2 is 1.56 bits per heavy atom. The molecule has 0 bridgehead atoms. The summed E-state index contributed by atoms with van der Waals surface area (Å²) in [5.74, 6) is 0. The number of nitrogens with one attached hydrogen (secondary N) is 1. The third-order valence-electron chi connectivity index (χ3n) is 2.66. The van der Waals surface area contributed by atoms with Crippen LogP contribution in [0.2, 0.25) is 0 Å². The summed E-state index contributed by atoms with van der Waals surface area (Å²) in [6, 6.07) is 8.66. The van der Waals surface area contributed by atoms with Crippen molar-refractivity contribution < 1.29 is 5.11 Å². The first-order valence-corrected chi connectivity index (χ1v) is 7.49. The summed E-state index contributed by atoms with van der Waals surface area (Å²) in [5, 5.41) is 14.2. The Kier molecular flexibility index (Phi) is 6.19. The van der Waals surface area contributed by atoms with E-state index in [4.69, 9.17) is 0 Å². The van der Waals surface area contributed by atoms with Gasteiger partial charge >= 0.3 is 0 Å². The highest BCUT2D eigenvalue weighted by Crippen LogP contribution is 2.25. The van der Waals surface area contributed by atoms with Crippen molar-refractivity contribution in [3.63, 3.8) is 0 Å². The summed E-state index contributed by atoms with van der Waals surface area (Å²) in [6.45, 7) is 10.6. The third-order valence-corrected chi connectivity index (χ3v) is 3.68. The minimum atomic E-state index is -0.453. The summed E-state index contributed by atoms with van der Waals surface area (Å²) in [7, 11) is 0. The molecule has 1 aromatic carbocycles.